The molecular formula is C21H24ClNO. The molecule has 1 heterocycles. The van der Waals surface area contributed by atoms with Crippen molar-refractivity contribution in [2.75, 3.05) is 13.2 Å². The molecule has 3 rings (SSSR count). The zero-order valence-corrected chi connectivity index (χ0v) is 14.9. The highest BCUT2D eigenvalue weighted by molar-refractivity contribution is 6.12. The van der Waals surface area contributed by atoms with Crippen LogP contribution in [0.5, 0.6) is 5.75 Å². The third kappa shape index (κ3) is 4.72. The minimum absolute atomic E-state index is 0. The summed E-state index contributed by atoms with van der Waals surface area (Å²) in [6, 6.07) is 16.7. The molecular weight excluding hydrogens is 318 g/mol. The number of allylic oxidation sites excluding steroid dienone is 1. The van der Waals surface area contributed by atoms with Gasteiger partial charge in [-0.2, -0.15) is 0 Å². The third-order valence-corrected chi connectivity index (χ3v) is 4.02. The molecule has 3 heteroatoms. The number of benzene rings is 2. The zero-order valence-electron chi connectivity index (χ0n) is 14.1. The molecule has 2 nitrogen and oxygen atoms in total. The molecule has 0 fully saturated rings. The number of hydrogen-bond acceptors (Lipinski definition) is 2. The van der Waals surface area contributed by atoms with Crippen molar-refractivity contribution in [3.05, 3.63) is 71.3 Å². The molecule has 0 aromatic heterocycles. The molecule has 0 N–H and O–H groups in total. The Morgan fingerprint density at radius 3 is 2.71 bits per heavy atom. The van der Waals surface area contributed by atoms with Gasteiger partial charge < -0.3 is 4.74 Å². The van der Waals surface area contributed by atoms with Crippen molar-refractivity contribution in [3.8, 4) is 5.75 Å². The Morgan fingerprint density at radius 2 is 1.92 bits per heavy atom. The highest BCUT2D eigenvalue weighted by atomic mass is 35.5. The Balaban J connectivity index is 0.00000208. The number of fused-ring (bicyclic) bond motifs is 1. The van der Waals surface area contributed by atoms with Crippen molar-refractivity contribution in [2.45, 2.75) is 26.2 Å². The number of aliphatic imine (C=N–C) groups is 1. The highest BCUT2D eigenvalue weighted by Crippen LogP contribution is 2.23. The van der Waals surface area contributed by atoms with Crippen molar-refractivity contribution in [1.29, 1.82) is 0 Å². The Kier molecular flexibility index (Phi) is 7.07. The minimum Gasteiger partial charge on any atom is -0.494 e. The van der Waals surface area contributed by atoms with E-state index < -0.39 is 0 Å². The fourth-order valence-electron chi connectivity index (χ4n) is 2.71. The van der Waals surface area contributed by atoms with Crippen LogP contribution >= 0.6 is 12.4 Å². The van der Waals surface area contributed by atoms with Crippen LogP contribution < -0.4 is 4.74 Å². The number of unbranched alkanes of at least 4 members (excludes halogenated alkanes) is 1. The fourth-order valence-corrected chi connectivity index (χ4v) is 2.71. The molecule has 0 spiro atoms. The molecule has 0 atom stereocenters. The van der Waals surface area contributed by atoms with Gasteiger partial charge >= 0.3 is 0 Å². The van der Waals surface area contributed by atoms with E-state index in [1.807, 2.05) is 6.07 Å². The maximum absolute atomic E-state index is 5.82. The van der Waals surface area contributed by atoms with Gasteiger partial charge in [0, 0.05) is 12.1 Å². The fraction of sp³-hybridized carbons (Fsp3) is 0.286. The van der Waals surface area contributed by atoms with E-state index in [1.54, 1.807) is 0 Å². The summed E-state index contributed by atoms with van der Waals surface area (Å²) in [5, 5.41) is 0. The second-order valence-electron chi connectivity index (χ2n) is 5.78. The topological polar surface area (TPSA) is 21.6 Å². The van der Waals surface area contributed by atoms with E-state index in [1.165, 1.54) is 16.7 Å². The molecule has 0 amide bonds. The van der Waals surface area contributed by atoms with Crippen LogP contribution in [-0.2, 0) is 6.42 Å². The maximum atomic E-state index is 5.82. The van der Waals surface area contributed by atoms with E-state index in [4.69, 9.17) is 4.74 Å². The van der Waals surface area contributed by atoms with Gasteiger partial charge in [0.2, 0.25) is 0 Å². The zero-order chi connectivity index (χ0) is 15.9. The smallest absolute Gasteiger partial charge is 0.119 e. The summed E-state index contributed by atoms with van der Waals surface area (Å²) < 4.78 is 5.82. The highest BCUT2D eigenvalue weighted by Gasteiger charge is 2.13. The summed E-state index contributed by atoms with van der Waals surface area (Å²) in [4.78, 5) is 4.68. The predicted octanol–water partition coefficient (Wildman–Crippen LogP) is 5.35. The van der Waals surface area contributed by atoms with Gasteiger partial charge in [-0.1, -0.05) is 49.8 Å². The van der Waals surface area contributed by atoms with Gasteiger partial charge in [-0.3, -0.25) is 4.99 Å². The van der Waals surface area contributed by atoms with Gasteiger partial charge in [0.1, 0.15) is 5.75 Å². The maximum Gasteiger partial charge on any atom is 0.119 e. The molecule has 0 saturated carbocycles. The summed E-state index contributed by atoms with van der Waals surface area (Å²) in [6.45, 7) is 3.82. The van der Waals surface area contributed by atoms with Gasteiger partial charge in [-0.15, -0.1) is 12.4 Å². The number of hydrogen-bond donors (Lipinski definition) is 0. The van der Waals surface area contributed by atoms with Crippen LogP contribution in [0.1, 0.15) is 36.5 Å². The third-order valence-electron chi connectivity index (χ3n) is 4.02. The second-order valence-corrected chi connectivity index (χ2v) is 5.78. The first kappa shape index (κ1) is 18.3. The molecule has 2 aromatic rings. The van der Waals surface area contributed by atoms with Gasteiger partial charge in [0.15, 0.2) is 0 Å². The Labute approximate surface area is 150 Å². The number of nitrogens with zero attached hydrogens (tertiary/aromatic N) is 1. The lowest BCUT2D eigenvalue weighted by Gasteiger charge is -2.16. The van der Waals surface area contributed by atoms with Crippen LogP contribution in [0.3, 0.4) is 0 Å². The number of rotatable bonds is 6. The Morgan fingerprint density at radius 1 is 1.08 bits per heavy atom. The second kappa shape index (κ2) is 9.29. The van der Waals surface area contributed by atoms with E-state index in [2.05, 4.69) is 66.5 Å². The van der Waals surface area contributed by atoms with E-state index in [-0.39, 0.29) is 12.4 Å². The minimum atomic E-state index is 0. The average Bonchev–Trinajstić information content (AvgIpc) is 2.61. The van der Waals surface area contributed by atoms with Crippen molar-refractivity contribution >= 4 is 24.2 Å². The molecule has 0 bridgehead atoms. The quantitative estimate of drug-likeness (QED) is 0.649. The summed E-state index contributed by atoms with van der Waals surface area (Å²) >= 11 is 0. The number of ether oxygens (including phenoxy) is 1. The molecule has 0 saturated heterocycles. The van der Waals surface area contributed by atoms with Gasteiger partial charge in [-0.25, -0.2) is 0 Å². The Bertz CT molecular complexity index is 707. The molecule has 2 aromatic carbocycles. The predicted molar refractivity (Wildman–Crippen MR) is 105 cm³/mol. The van der Waals surface area contributed by atoms with Crippen LogP contribution in [0.2, 0.25) is 0 Å². The molecule has 1 aliphatic rings. The van der Waals surface area contributed by atoms with Gasteiger partial charge in [-0.05, 0) is 48.2 Å². The standard InChI is InChI=1S/C21H23NO.ClH/c1-2-3-15-23-19-10-11-20-18(16-19)13-14-22-21(20)12-9-17-7-5-4-6-8-17;/h4-12,16H,2-3,13-15H2,1H3;1H. The summed E-state index contributed by atoms with van der Waals surface area (Å²) in [7, 11) is 0. The lowest BCUT2D eigenvalue weighted by molar-refractivity contribution is 0.309. The van der Waals surface area contributed by atoms with Crippen LogP contribution in [0.15, 0.2) is 59.6 Å². The van der Waals surface area contributed by atoms with Gasteiger partial charge in [0.05, 0.1) is 12.3 Å². The van der Waals surface area contributed by atoms with Crippen molar-refractivity contribution < 1.29 is 4.74 Å². The largest absolute Gasteiger partial charge is 0.494 e. The van der Waals surface area contributed by atoms with Crippen LogP contribution in [-0.4, -0.2) is 18.9 Å². The van der Waals surface area contributed by atoms with Crippen LogP contribution in [0.25, 0.3) is 6.08 Å². The summed E-state index contributed by atoms with van der Waals surface area (Å²) in [6.07, 6.45) is 7.49. The first-order valence-electron chi connectivity index (χ1n) is 8.40. The van der Waals surface area contributed by atoms with E-state index in [0.29, 0.717) is 0 Å². The first-order valence-corrected chi connectivity index (χ1v) is 8.40. The Hall–Kier alpha value is -2.06. The number of halogens is 1. The lowest BCUT2D eigenvalue weighted by atomic mass is 9.96. The van der Waals surface area contributed by atoms with Crippen LogP contribution in [0.4, 0.5) is 0 Å². The molecule has 0 unspecified atom stereocenters. The molecule has 1 aliphatic heterocycles. The molecule has 0 aliphatic carbocycles. The SMILES string of the molecule is CCCCOc1ccc2c(c1)CCN=C2C=Cc1ccccc1.Cl. The molecule has 126 valence electrons. The average molecular weight is 342 g/mol. The van der Waals surface area contributed by atoms with Crippen molar-refractivity contribution in [1.82, 2.24) is 0 Å². The molecule has 0 radical (unpaired) electrons. The summed E-state index contributed by atoms with van der Waals surface area (Å²) in [5.74, 6) is 0.977. The normalized spacial score (nSPS) is 13.1. The van der Waals surface area contributed by atoms with E-state index in [0.717, 1.165) is 43.9 Å². The van der Waals surface area contributed by atoms with Gasteiger partial charge in [0.25, 0.3) is 0 Å². The lowest BCUT2D eigenvalue weighted by Crippen LogP contribution is -2.11. The van der Waals surface area contributed by atoms with E-state index in [9.17, 15) is 0 Å². The van der Waals surface area contributed by atoms with Crippen molar-refractivity contribution in [3.63, 3.8) is 0 Å². The van der Waals surface area contributed by atoms with E-state index >= 15 is 0 Å². The monoisotopic (exact) mass is 341 g/mol. The first-order chi connectivity index (χ1) is 11.4. The van der Waals surface area contributed by atoms with Crippen LogP contribution in [0, 0.1) is 0 Å². The molecule has 24 heavy (non-hydrogen) atoms. The summed E-state index contributed by atoms with van der Waals surface area (Å²) in [5.41, 5.74) is 4.82. The van der Waals surface area contributed by atoms with Crippen molar-refractivity contribution in [2.24, 2.45) is 4.99 Å².